The smallest absolute Gasteiger partial charge is 0.365 e. The molecule has 1 aliphatic carbocycles. The van der Waals surface area contributed by atoms with Crippen LogP contribution in [0.1, 0.15) is 31.4 Å². The molecule has 152 valence electrons. The van der Waals surface area contributed by atoms with Gasteiger partial charge in [-0.15, -0.1) is 0 Å². The first-order chi connectivity index (χ1) is 14.5. The third-order valence-electron chi connectivity index (χ3n) is 5.31. The van der Waals surface area contributed by atoms with Gasteiger partial charge in [-0.3, -0.25) is 9.79 Å². The number of Topliss-reactive ketones (excluding diaryl/α,β-unsaturated/α-hetero) is 1. The van der Waals surface area contributed by atoms with Crippen LogP contribution in [-0.2, 0) is 4.79 Å². The first-order valence-corrected chi connectivity index (χ1v) is 9.71. The van der Waals surface area contributed by atoms with E-state index in [-0.39, 0.29) is 17.7 Å². The molecule has 3 aromatic rings. The molecule has 2 aliphatic rings. The van der Waals surface area contributed by atoms with Crippen molar-refractivity contribution in [2.75, 3.05) is 5.32 Å². The van der Waals surface area contributed by atoms with Crippen LogP contribution >= 0.6 is 0 Å². The van der Waals surface area contributed by atoms with Crippen molar-refractivity contribution in [3.63, 3.8) is 0 Å². The molecular formula is C22H19F2N4O2+. The topological polar surface area (TPSA) is 81.1 Å². The van der Waals surface area contributed by atoms with Gasteiger partial charge in [-0.2, -0.15) is 10.3 Å². The lowest BCUT2D eigenvalue weighted by Crippen LogP contribution is -2.82. The van der Waals surface area contributed by atoms with Crippen molar-refractivity contribution in [3.8, 4) is 0 Å². The van der Waals surface area contributed by atoms with Gasteiger partial charge >= 0.3 is 12.0 Å². The number of rotatable bonds is 2. The summed E-state index contributed by atoms with van der Waals surface area (Å²) >= 11 is 0. The molecular weight excluding hydrogens is 390 g/mol. The Kier molecular flexibility index (Phi) is 4.34. The number of anilines is 1. The summed E-state index contributed by atoms with van der Waals surface area (Å²) in [6.45, 7) is 2.00. The van der Waals surface area contributed by atoms with Crippen LogP contribution in [0, 0.1) is 17.6 Å². The summed E-state index contributed by atoms with van der Waals surface area (Å²) in [5.74, 6) is -0.844. The van der Waals surface area contributed by atoms with Crippen molar-refractivity contribution in [3.05, 3.63) is 70.9 Å². The Morgan fingerprint density at radius 2 is 1.93 bits per heavy atom. The largest absolute Gasteiger partial charge is 0.412 e. The third kappa shape index (κ3) is 3.34. The van der Waals surface area contributed by atoms with Crippen LogP contribution in [0.4, 0.5) is 14.8 Å². The molecule has 0 unspecified atom stereocenters. The second-order valence-corrected chi connectivity index (χ2v) is 7.72. The number of para-hydroxylation sites is 2. The summed E-state index contributed by atoms with van der Waals surface area (Å²) in [7, 11) is 0. The Morgan fingerprint density at radius 1 is 1.17 bits per heavy atom. The molecule has 30 heavy (non-hydrogen) atoms. The Hall–Kier alpha value is -3.55. The van der Waals surface area contributed by atoms with Gasteiger partial charge in [-0.1, -0.05) is 19.1 Å². The van der Waals surface area contributed by atoms with E-state index in [9.17, 15) is 13.6 Å². The van der Waals surface area contributed by atoms with Crippen LogP contribution < -0.4 is 15.6 Å². The van der Waals surface area contributed by atoms with E-state index in [1.54, 1.807) is 6.07 Å². The normalized spacial score (nSPS) is 21.3. The van der Waals surface area contributed by atoms with Crippen LogP contribution in [0.2, 0.25) is 0 Å². The summed E-state index contributed by atoms with van der Waals surface area (Å²) in [4.78, 5) is 20.3. The highest BCUT2D eigenvalue weighted by Gasteiger charge is 2.38. The Bertz CT molecular complexity index is 1180. The average Bonchev–Trinajstić information content (AvgIpc) is 3.08. The van der Waals surface area contributed by atoms with Gasteiger partial charge in [0.2, 0.25) is 0 Å². The van der Waals surface area contributed by atoms with E-state index in [0.29, 0.717) is 41.0 Å². The molecule has 1 aliphatic heterocycles. The Labute approximate surface area is 170 Å². The number of guanidine groups is 1. The maximum Gasteiger partial charge on any atom is 0.365 e. The average molecular weight is 409 g/mol. The number of nitrogens with one attached hydrogen (secondary N) is 3. The molecule has 6 nitrogen and oxygen atoms in total. The lowest BCUT2D eigenvalue weighted by atomic mass is 9.81. The number of hydrogen-bond donors (Lipinski definition) is 3. The zero-order valence-electron chi connectivity index (χ0n) is 16.1. The molecule has 0 amide bonds. The summed E-state index contributed by atoms with van der Waals surface area (Å²) < 4.78 is 33.5. The van der Waals surface area contributed by atoms with Crippen LogP contribution in [0.15, 0.2) is 58.2 Å². The highest BCUT2D eigenvalue weighted by molar-refractivity contribution is 6.01. The summed E-state index contributed by atoms with van der Waals surface area (Å²) in [5.41, 5.74) is 2.89. The minimum absolute atomic E-state index is 0.0423. The molecule has 1 aromatic heterocycles. The van der Waals surface area contributed by atoms with Gasteiger partial charge < -0.3 is 4.42 Å². The third-order valence-corrected chi connectivity index (χ3v) is 5.31. The number of halogens is 2. The molecule has 2 heterocycles. The fourth-order valence-electron chi connectivity index (χ4n) is 4.07. The quantitative estimate of drug-likeness (QED) is 0.606. The van der Waals surface area contributed by atoms with E-state index in [4.69, 9.17) is 4.42 Å². The zero-order valence-corrected chi connectivity index (χ0v) is 16.1. The van der Waals surface area contributed by atoms with E-state index in [0.717, 1.165) is 11.8 Å². The maximum absolute atomic E-state index is 13.9. The van der Waals surface area contributed by atoms with E-state index in [1.807, 2.05) is 25.1 Å². The van der Waals surface area contributed by atoms with E-state index < -0.39 is 17.7 Å². The molecule has 0 bridgehead atoms. The molecule has 0 spiro atoms. The Morgan fingerprint density at radius 3 is 2.70 bits per heavy atom. The number of carbonyl (C=O) groups is 1. The summed E-state index contributed by atoms with van der Waals surface area (Å²) in [5, 5.41) is 6.25. The minimum Gasteiger partial charge on any atom is -0.412 e. The standard InChI is InChI=1S/C22H18F2N4O2/c1-11-6-16-19(17(29)7-11)20(12-8-13(23)10-14(24)9-12)27-21(25-16)28-22-26-15-4-2-3-5-18(15)30-22/h2-5,8-11,20H,6-7H2,1H3,(H2,25,26,27,28)/p+1/t11-,20+/m0/s1. The highest BCUT2D eigenvalue weighted by Crippen LogP contribution is 2.33. The second-order valence-electron chi connectivity index (χ2n) is 7.72. The van der Waals surface area contributed by atoms with Gasteiger partial charge in [-0.05, 0) is 35.7 Å². The molecule has 3 N–H and O–H groups in total. The SMILES string of the molecule is C[C@@H]1CC(=O)C2=C(C1)NC(Nc1nc3ccccc3o1)=[NH+][C@@H]2c1cc(F)cc(F)c1. The number of ketones is 1. The van der Waals surface area contributed by atoms with Crippen LogP contribution in [0.25, 0.3) is 11.1 Å². The van der Waals surface area contributed by atoms with Crippen molar-refractivity contribution in [1.29, 1.82) is 0 Å². The predicted molar refractivity (Wildman–Crippen MR) is 106 cm³/mol. The van der Waals surface area contributed by atoms with Crippen LogP contribution in [-0.4, -0.2) is 16.7 Å². The van der Waals surface area contributed by atoms with Crippen LogP contribution in [0.5, 0.6) is 0 Å². The first-order valence-electron chi connectivity index (χ1n) is 9.71. The molecule has 0 saturated carbocycles. The van der Waals surface area contributed by atoms with E-state index in [1.165, 1.54) is 12.1 Å². The number of allylic oxidation sites excluding steroid dienone is 1. The second kappa shape index (κ2) is 7.05. The molecule has 2 atom stereocenters. The lowest BCUT2D eigenvalue weighted by Gasteiger charge is -2.29. The van der Waals surface area contributed by atoms with E-state index in [2.05, 4.69) is 20.6 Å². The Balaban J connectivity index is 1.55. The van der Waals surface area contributed by atoms with Crippen molar-refractivity contribution in [2.24, 2.45) is 5.92 Å². The molecule has 8 heteroatoms. The number of hydrogen-bond acceptors (Lipinski definition) is 5. The van der Waals surface area contributed by atoms with Crippen molar-refractivity contribution >= 4 is 28.9 Å². The van der Waals surface area contributed by atoms with Gasteiger partial charge in [-0.25, -0.2) is 14.1 Å². The van der Waals surface area contributed by atoms with Gasteiger partial charge in [0.1, 0.15) is 23.2 Å². The van der Waals surface area contributed by atoms with Crippen LogP contribution in [0.3, 0.4) is 0 Å². The predicted octanol–water partition coefficient (Wildman–Crippen LogP) is 2.55. The number of aromatic nitrogens is 1. The molecule has 2 aromatic carbocycles. The van der Waals surface area contributed by atoms with Crippen molar-refractivity contribution in [2.45, 2.75) is 25.8 Å². The number of oxazole rings is 1. The number of nitrogens with zero attached hydrogens (tertiary/aromatic N) is 1. The minimum atomic E-state index is -0.697. The number of fused-ring (bicyclic) bond motifs is 1. The van der Waals surface area contributed by atoms with Gasteiger partial charge in [0.25, 0.3) is 0 Å². The molecule has 0 fully saturated rings. The molecule has 0 saturated heterocycles. The van der Waals surface area contributed by atoms with Gasteiger partial charge in [0, 0.05) is 18.9 Å². The first kappa shape index (κ1) is 18.5. The number of benzene rings is 2. The molecule has 0 radical (unpaired) electrons. The molecule has 5 rings (SSSR count). The van der Waals surface area contributed by atoms with Crippen molar-refractivity contribution < 1.29 is 23.0 Å². The summed E-state index contributed by atoms with van der Waals surface area (Å²) in [6, 6.07) is 10.2. The number of carbonyl (C=O) groups excluding carboxylic acids is 1. The zero-order chi connectivity index (χ0) is 20.8. The fraction of sp³-hybridized carbons (Fsp3) is 0.227. The highest BCUT2D eigenvalue weighted by atomic mass is 19.1. The van der Waals surface area contributed by atoms with Gasteiger partial charge in [0.05, 0.1) is 11.3 Å². The lowest BCUT2D eigenvalue weighted by molar-refractivity contribution is -0.502. The van der Waals surface area contributed by atoms with Gasteiger partial charge in [0.15, 0.2) is 11.4 Å². The monoisotopic (exact) mass is 409 g/mol. The maximum atomic E-state index is 13.9. The summed E-state index contributed by atoms with van der Waals surface area (Å²) in [6.07, 6.45) is 1.04. The fourth-order valence-corrected chi connectivity index (χ4v) is 4.07. The van der Waals surface area contributed by atoms with Crippen molar-refractivity contribution in [1.82, 2.24) is 10.3 Å². The van der Waals surface area contributed by atoms with E-state index >= 15 is 0 Å².